The fourth-order valence-electron chi connectivity index (χ4n) is 2.56. The lowest BCUT2D eigenvalue weighted by molar-refractivity contribution is -0.137. The van der Waals surface area contributed by atoms with Crippen molar-refractivity contribution < 1.29 is 30.7 Å². The van der Waals surface area contributed by atoms with Crippen molar-refractivity contribution in [3.05, 3.63) is 77.9 Å². The van der Waals surface area contributed by atoms with Crippen molar-refractivity contribution >= 4 is 15.7 Å². The number of hydrogen-bond acceptors (Lipinski definition) is 5. The second-order valence-electron chi connectivity index (χ2n) is 6.16. The topological polar surface area (TPSA) is 94.3 Å². The lowest BCUT2D eigenvalue weighted by Gasteiger charge is -2.16. The van der Waals surface area contributed by atoms with Gasteiger partial charge in [0.05, 0.1) is 16.7 Å². The Hall–Kier alpha value is -3.18. The van der Waals surface area contributed by atoms with Gasteiger partial charge in [0.2, 0.25) is 10.0 Å². The Kier molecular flexibility index (Phi) is 5.94. The average Bonchev–Trinajstić information content (AvgIpc) is 2.67. The van der Waals surface area contributed by atoms with Crippen molar-refractivity contribution in [1.29, 1.82) is 0 Å². The van der Waals surface area contributed by atoms with E-state index in [4.69, 9.17) is 9.88 Å². The maximum atomic E-state index is 14.3. The highest BCUT2D eigenvalue weighted by Gasteiger charge is 2.34. The number of benzene rings is 2. The molecule has 3 aromatic rings. The molecule has 11 heteroatoms. The molecule has 0 aliphatic heterocycles. The van der Waals surface area contributed by atoms with Crippen LogP contribution in [0.25, 0.3) is 0 Å². The van der Waals surface area contributed by atoms with Crippen LogP contribution in [0.1, 0.15) is 11.1 Å². The van der Waals surface area contributed by atoms with Gasteiger partial charge in [-0.05, 0) is 48.0 Å². The summed E-state index contributed by atoms with van der Waals surface area (Å²) in [5.74, 6) is -0.453. The molecule has 0 amide bonds. The second-order valence-corrected chi connectivity index (χ2v) is 7.72. The van der Waals surface area contributed by atoms with E-state index in [0.717, 1.165) is 18.2 Å². The van der Waals surface area contributed by atoms with Crippen molar-refractivity contribution in [2.75, 3.05) is 5.32 Å². The number of rotatable bonds is 6. The zero-order valence-corrected chi connectivity index (χ0v) is 16.0. The first-order valence-electron chi connectivity index (χ1n) is 8.38. The normalized spacial score (nSPS) is 11.9. The highest BCUT2D eigenvalue weighted by molar-refractivity contribution is 7.89. The first-order chi connectivity index (χ1) is 14.0. The van der Waals surface area contributed by atoms with E-state index in [-0.39, 0.29) is 18.0 Å². The van der Waals surface area contributed by atoms with E-state index in [1.807, 2.05) is 0 Å². The van der Waals surface area contributed by atoms with Crippen molar-refractivity contribution in [2.45, 2.75) is 17.6 Å². The van der Waals surface area contributed by atoms with Gasteiger partial charge >= 0.3 is 6.18 Å². The second kappa shape index (κ2) is 8.28. The lowest BCUT2D eigenvalue weighted by Crippen LogP contribution is -2.16. The SMILES string of the molecule is NS(=O)(=O)c1ccc(NCc2ccc(Oc3cccnc3)c(F)c2)c(C(F)(F)F)c1. The molecule has 0 fully saturated rings. The van der Waals surface area contributed by atoms with Crippen LogP contribution in [-0.2, 0) is 22.7 Å². The molecule has 2 aromatic carbocycles. The third-order valence-electron chi connectivity index (χ3n) is 3.97. The maximum Gasteiger partial charge on any atom is 0.418 e. The van der Waals surface area contributed by atoms with Crippen LogP contribution in [0, 0.1) is 5.82 Å². The fourth-order valence-corrected chi connectivity index (χ4v) is 3.10. The molecule has 0 atom stereocenters. The van der Waals surface area contributed by atoms with Crippen LogP contribution < -0.4 is 15.2 Å². The van der Waals surface area contributed by atoms with Crippen LogP contribution in [0.5, 0.6) is 11.5 Å². The van der Waals surface area contributed by atoms with Gasteiger partial charge < -0.3 is 10.1 Å². The minimum atomic E-state index is -4.82. The summed E-state index contributed by atoms with van der Waals surface area (Å²) in [5, 5.41) is 7.44. The molecule has 0 bridgehead atoms. The molecule has 158 valence electrons. The van der Waals surface area contributed by atoms with Gasteiger partial charge in [-0.25, -0.2) is 17.9 Å². The predicted octanol–water partition coefficient (Wildman–Crippen LogP) is 4.29. The molecule has 3 N–H and O–H groups in total. The molecule has 0 saturated heterocycles. The smallest absolute Gasteiger partial charge is 0.418 e. The Morgan fingerprint density at radius 1 is 1.10 bits per heavy atom. The molecular weight excluding hydrogens is 426 g/mol. The van der Waals surface area contributed by atoms with Gasteiger partial charge in [0, 0.05) is 18.4 Å². The molecule has 0 radical (unpaired) electrons. The Labute approximate surface area is 169 Å². The minimum Gasteiger partial charge on any atom is -0.453 e. The summed E-state index contributed by atoms with van der Waals surface area (Å²) < 4.78 is 82.2. The van der Waals surface area contributed by atoms with Crippen molar-refractivity contribution in [2.24, 2.45) is 5.14 Å². The van der Waals surface area contributed by atoms with Gasteiger partial charge in [-0.2, -0.15) is 13.2 Å². The third kappa shape index (κ3) is 5.24. The average molecular weight is 441 g/mol. The first-order valence-corrected chi connectivity index (χ1v) is 9.93. The molecular formula is C19H15F4N3O3S. The largest absolute Gasteiger partial charge is 0.453 e. The van der Waals surface area contributed by atoms with Crippen LogP contribution in [0.4, 0.5) is 23.2 Å². The number of anilines is 1. The van der Waals surface area contributed by atoms with Crippen molar-refractivity contribution in [3.63, 3.8) is 0 Å². The van der Waals surface area contributed by atoms with Crippen LogP contribution in [0.3, 0.4) is 0 Å². The number of hydrogen-bond donors (Lipinski definition) is 2. The number of nitrogens with two attached hydrogens (primary N) is 1. The zero-order chi connectivity index (χ0) is 21.9. The summed E-state index contributed by atoms with van der Waals surface area (Å²) >= 11 is 0. The number of halogens is 4. The monoisotopic (exact) mass is 441 g/mol. The van der Waals surface area contributed by atoms with Gasteiger partial charge in [0.15, 0.2) is 11.6 Å². The quantitative estimate of drug-likeness (QED) is 0.557. The summed E-state index contributed by atoms with van der Waals surface area (Å²) in [5.41, 5.74) is -1.23. The fraction of sp³-hybridized carbons (Fsp3) is 0.105. The highest BCUT2D eigenvalue weighted by Crippen LogP contribution is 2.36. The van der Waals surface area contributed by atoms with Gasteiger partial charge in [-0.1, -0.05) is 6.07 Å². The Morgan fingerprint density at radius 3 is 2.47 bits per heavy atom. The number of nitrogens with zero attached hydrogens (tertiary/aromatic N) is 1. The van der Waals surface area contributed by atoms with Crippen LogP contribution in [-0.4, -0.2) is 13.4 Å². The standard InChI is InChI=1S/C19H15F4N3O3S/c20-16-8-12(3-6-18(16)29-13-2-1-7-25-11-13)10-26-17-5-4-14(30(24,27)28)9-15(17)19(21,22)23/h1-9,11,26H,10H2,(H2,24,27,28). The minimum absolute atomic E-state index is 0.0692. The summed E-state index contributed by atoms with van der Waals surface area (Å²) in [6.45, 7) is -0.151. The molecule has 0 spiro atoms. The number of primary sulfonamides is 1. The molecule has 6 nitrogen and oxygen atoms in total. The van der Waals surface area contributed by atoms with E-state index in [1.165, 1.54) is 24.5 Å². The number of aromatic nitrogens is 1. The number of sulfonamides is 1. The Bertz CT molecular complexity index is 1150. The number of pyridine rings is 1. The molecule has 1 aromatic heterocycles. The van der Waals surface area contributed by atoms with E-state index >= 15 is 0 Å². The molecule has 0 aliphatic carbocycles. The Balaban J connectivity index is 1.79. The molecule has 0 aliphatic rings. The van der Waals surface area contributed by atoms with Gasteiger partial charge in [-0.3, -0.25) is 4.98 Å². The van der Waals surface area contributed by atoms with Crippen molar-refractivity contribution in [1.82, 2.24) is 4.98 Å². The lowest BCUT2D eigenvalue weighted by atomic mass is 10.1. The van der Waals surface area contributed by atoms with E-state index in [0.29, 0.717) is 17.4 Å². The third-order valence-corrected chi connectivity index (χ3v) is 4.88. The molecule has 1 heterocycles. The first kappa shape index (κ1) is 21.5. The maximum absolute atomic E-state index is 14.3. The van der Waals surface area contributed by atoms with E-state index < -0.39 is 32.5 Å². The summed E-state index contributed by atoms with van der Waals surface area (Å²) in [6.07, 6.45) is -1.89. The molecule has 30 heavy (non-hydrogen) atoms. The van der Waals surface area contributed by atoms with Crippen LogP contribution in [0.15, 0.2) is 65.8 Å². The summed E-state index contributed by atoms with van der Waals surface area (Å²) in [4.78, 5) is 3.18. The summed E-state index contributed by atoms with van der Waals surface area (Å²) in [7, 11) is -4.30. The van der Waals surface area contributed by atoms with Gasteiger partial charge in [0.25, 0.3) is 0 Å². The van der Waals surface area contributed by atoms with E-state index in [2.05, 4.69) is 10.3 Å². The Morgan fingerprint density at radius 2 is 1.87 bits per heavy atom. The molecule has 3 rings (SSSR count). The van der Waals surface area contributed by atoms with Gasteiger partial charge in [0.1, 0.15) is 5.75 Å². The van der Waals surface area contributed by atoms with Crippen LogP contribution in [0.2, 0.25) is 0 Å². The molecule has 0 unspecified atom stereocenters. The summed E-state index contributed by atoms with van der Waals surface area (Å²) in [6, 6.07) is 9.50. The predicted molar refractivity (Wildman–Crippen MR) is 101 cm³/mol. The van der Waals surface area contributed by atoms with E-state index in [1.54, 1.807) is 12.1 Å². The number of alkyl halides is 3. The van der Waals surface area contributed by atoms with Gasteiger partial charge in [-0.15, -0.1) is 0 Å². The zero-order valence-electron chi connectivity index (χ0n) is 15.2. The number of nitrogens with one attached hydrogen (secondary N) is 1. The highest BCUT2D eigenvalue weighted by atomic mass is 32.2. The number of ether oxygens (including phenoxy) is 1. The van der Waals surface area contributed by atoms with E-state index in [9.17, 15) is 26.0 Å². The van der Waals surface area contributed by atoms with Crippen LogP contribution >= 0.6 is 0 Å². The van der Waals surface area contributed by atoms with Crippen molar-refractivity contribution in [3.8, 4) is 11.5 Å². The molecule has 0 saturated carbocycles.